The highest BCUT2D eigenvalue weighted by molar-refractivity contribution is 7.09. The minimum atomic E-state index is 0.290. The highest BCUT2D eigenvalue weighted by atomic mass is 32.1. The van der Waals surface area contributed by atoms with Gasteiger partial charge in [0.2, 0.25) is 0 Å². The number of rotatable bonds is 4. The molecule has 1 fully saturated rings. The minimum absolute atomic E-state index is 0.290. The molecule has 0 saturated heterocycles. The van der Waals surface area contributed by atoms with Crippen LogP contribution in [0, 0.1) is 5.92 Å². The third kappa shape index (κ3) is 3.16. The number of thiophene rings is 1. The van der Waals surface area contributed by atoms with E-state index in [0.29, 0.717) is 11.7 Å². The first kappa shape index (κ1) is 11.8. The van der Waals surface area contributed by atoms with Gasteiger partial charge in [0.25, 0.3) is 0 Å². The molecule has 2 nitrogen and oxygen atoms in total. The van der Waals surface area contributed by atoms with Gasteiger partial charge in [-0.2, -0.15) is 0 Å². The maximum Gasteiger partial charge on any atom is 0.137 e. The molecule has 0 amide bonds. The molecule has 1 unspecified atom stereocenters. The lowest BCUT2D eigenvalue weighted by molar-refractivity contribution is -0.125. The van der Waals surface area contributed by atoms with Gasteiger partial charge in [0, 0.05) is 30.3 Å². The third-order valence-corrected chi connectivity index (χ3v) is 4.08. The molecule has 16 heavy (non-hydrogen) atoms. The van der Waals surface area contributed by atoms with Crippen LogP contribution in [0.1, 0.15) is 30.6 Å². The Labute approximate surface area is 101 Å². The van der Waals surface area contributed by atoms with Crippen LogP contribution >= 0.6 is 11.3 Å². The van der Waals surface area contributed by atoms with Crippen LogP contribution in [0.15, 0.2) is 17.5 Å². The van der Waals surface area contributed by atoms with Crippen molar-refractivity contribution >= 4 is 17.1 Å². The molecule has 0 bridgehead atoms. The largest absolute Gasteiger partial charge is 0.301 e. The summed E-state index contributed by atoms with van der Waals surface area (Å²) in [6.07, 6.45) is 4.22. The zero-order chi connectivity index (χ0) is 11.4. The number of hydrogen-bond acceptors (Lipinski definition) is 3. The molecular weight excluding hydrogens is 218 g/mol. The SMILES string of the molecule is CN(Cc1cccs1)CC1CCCCC1=O. The van der Waals surface area contributed by atoms with E-state index in [4.69, 9.17) is 0 Å². The standard InChI is InChI=1S/C13H19NOS/c1-14(10-12-6-4-8-16-12)9-11-5-2-3-7-13(11)15/h4,6,8,11H,2-3,5,7,9-10H2,1H3. The fourth-order valence-electron chi connectivity index (χ4n) is 2.36. The number of hydrogen-bond donors (Lipinski definition) is 0. The van der Waals surface area contributed by atoms with Gasteiger partial charge in [-0.3, -0.25) is 4.79 Å². The summed E-state index contributed by atoms with van der Waals surface area (Å²) in [5.41, 5.74) is 0. The van der Waals surface area contributed by atoms with E-state index in [0.717, 1.165) is 32.4 Å². The van der Waals surface area contributed by atoms with Crippen LogP contribution in [0.3, 0.4) is 0 Å². The van der Waals surface area contributed by atoms with E-state index >= 15 is 0 Å². The molecule has 0 N–H and O–H groups in total. The molecule has 0 aliphatic heterocycles. The quantitative estimate of drug-likeness (QED) is 0.802. The first-order valence-corrected chi connectivity index (χ1v) is 6.87. The fraction of sp³-hybridized carbons (Fsp3) is 0.615. The first-order chi connectivity index (χ1) is 7.75. The van der Waals surface area contributed by atoms with Gasteiger partial charge in [-0.1, -0.05) is 12.5 Å². The molecule has 2 rings (SSSR count). The summed E-state index contributed by atoms with van der Waals surface area (Å²) in [5, 5.41) is 2.11. The summed E-state index contributed by atoms with van der Waals surface area (Å²) >= 11 is 1.79. The Morgan fingerprint density at radius 2 is 2.38 bits per heavy atom. The molecule has 1 aliphatic carbocycles. The Hall–Kier alpha value is -0.670. The van der Waals surface area contributed by atoms with Crippen LogP contribution in [0.4, 0.5) is 0 Å². The molecule has 1 aromatic rings. The monoisotopic (exact) mass is 237 g/mol. The second-order valence-corrected chi connectivity index (χ2v) is 5.72. The average molecular weight is 237 g/mol. The summed E-state index contributed by atoms with van der Waals surface area (Å²) in [7, 11) is 2.11. The zero-order valence-corrected chi connectivity index (χ0v) is 10.6. The van der Waals surface area contributed by atoms with Crippen molar-refractivity contribution < 1.29 is 4.79 Å². The Balaban J connectivity index is 1.82. The number of carbonyl (C=O) groups excluding carboxylic acids is 1. The van der Waals surface area contributed by atoms with Gasteiger partial charge in [-0.15, -0.1) is 11.3 Å². The lowest BCUT2D eigenvalue weighted by atomic mass is 9.88. The Bertz CT molecular complexity index is 334. The maximum atomic E-state index is 11.7. The molecule has 1 atom stereocenters. The lowest BCUT2D eigenvalue weighted by Gasteiger charge is -2.25. The average Bonchev–Trinajstić information content (AvgIpc) is 2.74. The Kier molecular flexibility index (Phi) is 4.13. The molecule has 0 spiro atoms. The summed E-state index contributed by atoms with van der Waals surface area (Å²) < 4.78 is 0. The highest BCUT2D eigenvalue weighted by Gasteiger charge is 2.23. The highest BCUT2D eigenvalue weighted by Crippen LogP contribution is 2.22. The normalized spacial score (nSPS) is 21.6. The van der Waals surface area contributed by atoms with Crippen molar-refractivity contribution in [3.05, 3.63) is 22.4 Å². The smallest absolute Gasteiger partial charge is 0.137 e. The van der Waals surface area contributed by atoms with Crippen LogP contribution in [-0.2, 0) is 11.3 Å². The van der Waals surface area contributed by atoms with E-state index in [-0.39, 0.29) is 0 Å². The molecule has 3 heteroatoms. The predicted molar refractivity (Wildman–Crippen MR) is 67.6 cm³/mol. The lowest BCUT2D eigenvalue weighted by Crippen LogP contribution is -2.31. The second-order valence-electron chi connectivity index (χ2n) is 4.69. The van der Waals surface area contributed by atoms with Crippen LogP contribution < -0.4 is 0 Å². The molecule has 1 saturated carbocycles. The van der Waals surface area contributed by atoms with Gasteiger partial charge in [0.05, 0.1) is 0 Å². The van der Waals surface area contributed by atoms with Crippen LogP contribution in [0.2, 0.25) is 0 Å². The first-order valence-electron chi connectivity index (χ1n) is 5.99. The van der Waals surface area contributed by atoms with Crippen molar-refractivity contribution in [2.24, 2.45) is 5.92 Å². The third-order valence-electron chi connectivity index (χ3n) is 3.22. The van der Waals surface area contributed by atoms with Gasteiger partial charge in [-0.05, 0) is 31.3 Å². The van der Waals surface area contributed by atoms with Crippen molar-refractivity contribution in [3.8, 4) is 0 Å². The fourth-order valence-corrected chi connectivity index (χ4v) is 3.14. The van der Waals surface area contributed by atoms with Crippen LogP contribution in [-0.4, -0.2) is 24.3 Å². The number of Topliss-reactive ketones (excluding diaryl/α,β-unsaturated/α-hetero) is 1. The summed E-state index contributed by atoms with van der Waals surface area (Å²) in [6, 6.07) is 4.24. The van der Waals surface area contributed by atoms with Gasteiger partial charge >= 0.3 is 0 Å². The zero-order valence-electron chi connectivity index (χ0n) is 9.82. The molecule has 1 aliphatic rings. The molecule has 1 heterocycles. The van der Waals surface area contributed by atoms with E-state index < -0.39 is 0 Å². The second kappa shape index (κ2) is 5.60. The van der Waals surface area contributed by atoms with Gasteiger partial charge in [0.1, 0.15) is 5.78 Å². The van der Waals surface area contributed by atoms with Crippen LogP contribution in [0.5, 0.6) is 0 Å². The summed E-state index contributed by atoms with van der Waals surface area (Å²) in [5.74, 6) is 0.767. The topological polar surface area (TPSA) is 20.3 Å². The summed E-state index contributed by atoms with van der Waals surface area (Å²) in [6.45, 7) is 1.90. The van der Waals surface area contributed by atoms with E-state index in [9.17, 15) is 4.79 Å². The Morgan fingerprint density at radius 3 is 3.06 bits per heavy atom. The van der Waals surface area contributed by atoms with Crippen molar-refractivity contribution in [1.82, 2.24) is 4.90 Å². The summed E-state index contributed by atoms with van der Waals surface area (Å²) in [4.78, 5) is 15.4. The molecule has 1 aromatic heterocycles. The number of nitrogens with zero attached hydrogens (tertiary/aromatic N) is 1. The van der Waals surface area contributed by atoms with E-state index in [1.54, 1.807) is 11.3 Å². The Morgan fingerprint density at radius 1 is 1.50 bits per heavy atom. The van der Waals surface area contributed by atoms with Crippen molar-refractivity contribution in [3.63, 3.8) is 0 Å². The van der Waals surface area contributed by atoms with Crippen molar-refractivity contribution in [2.75, 3.05) is 13.6 Å². The van der Waals surface area contributed by atoms with Gasteiger partial charge in [-0.25, -0.2) is 0 Å². The minimum Gasteiger partial charge on any atom is -0.301 e. The van der Waals surface area contributed by atoms with Crippen molar-refractivity contribution in [2.45, 2.75) is 32.2 Å². The molecular formula is C13H19NOS. The van der Waals surface area contributed by atoms with E-state index in [1.165, 1.54) is 11.3 Å². The number of carbonyl (C=O) groups is 1. The van der Waals surface area contributed by atoms with E-state index in [1.807, 2.05) is 0 Å². The molecule has 0 radical (unpaired) electrons. The van der Waals surface area contributed by atoms with Crippen LogP contribution in [0.25, 0.3) is 0 Å². The predicted octanol–water partition coefficient (Wildman–Crippen LogP) is 2.94. The van der Waals surface area contributed by atoms with Gasteiger partial charge < -0.3 is 4.90 Å². The number of ketones is 1. The van der Waals surface area contributed by atoms with Crippen molar-refractivity contribution in [1.29, 1.82) is 0 Å². The molecule has 88 valence electrons. The molecule has 0 aromatic carbocycles. The maximum absolute atomic E-state index is 11.7. The van der Waals surface area contributed by atoms with E-state index in [2.05, 4.69) is 29.5 Å². The van der Waals surface area contributed by atoms with Gasteiger partial charge in [0.15, 0.2) is 0 Å².